The van der Waals surface area contributed by atoms with E-state index in [4.69, 9.17) is 4.52 Å². The Kier molecular flexibility index (Phi) is 4.25. The monoisotopic (exact) mass is 294 g/mol. The molecule has 0 bridgehead atoms. The van der Waals surface area contributed by atoms with Crippen LogP contribution >= 0.6 is 11.3 Å². The minimum Gasteiger partial charge on any atom is -0.383 e. The molecule has 0 aliphatic carbocycles. The van der Waals surface area contributed by atoms with Crippen molar-refractivity contribution in [1.82, 2.24) is 10.5 Å². The molecule has 1 amide bonds. The average Bonchev–Trinajstić information content (AvgIpc) is 3.05. The number of aromatic nitrogens is 1. The molecule has 0 saturated heterocycles. The lowest BCUT2D eigenvalue weighted by Crippen LogP contribution is -2.38. The van der Waals surface area contributed by atoms with Gasteiger partial charge in [0.05, 0.1) is 12.2 Å². The van der Waals surface area contributed by atoms with Crippen LogP contribution in [0.4, 0.5) is 0 Å². The number of hydrogen-bond donors (Lipinski definition) is 2. The highest BCUT2D eigenvalue weighted by Gasteiger charge is 2.26. The summed E-state index contributed by atoms with van der Waals surface area (Å²) in [7, 11) is 0. The molecule has 0 aromatic carbocycles. The maximum Gasteiger partial charge on any atom is 0.256 e. The fourth-order valence-electron chi connectivity index (χ4n) is 1.96. The smallest absolute Gasteiger partial charge is 0.256 e. The maximum atomic E-state index is 12.2. The quantitative estimate of drug-likeness (QED) is 0.887. The van der Waals surface area contributed by atoms with Crippen molar-refractivity contribution in [3.8, 4) is 0 Å². The molecule has 20 heavy (non-hydrogen) atoms. The summed E-state index contributed by atoms with van der Waals surface area (Å²) < 4.78 is 5.04. The summed E-state index contributed by atoms with van der Waals surface area (Å²) >= 11 is 1.46. The van der Waals surface area contributed by atoms with Crippen LogP contribution in [0.15, 0.2) is 22.0 Å². The Labute approximate surface area is 121 Å². The van der Waals surface area contributed by atoms with E-state index < -0.39 is 5.60 Å². The lowest BCUT2D eigenvalue weighted by Gasteiger charge is -2.22. The minimum absolute atomic E-state index is 0.139. The van der Waals surface area contributed by atoms with Crippen molar-refractivity contribution in [1.29, 1.82) is 0 Å². The first-order valence-electron chi connectivity index (χ1n) is 6.45. The number of nitrogens with zero attached hydrogens (tertiary/aromatic N) is 1. The van der Waals surface area contributed by atoms with Crippen molar-refractivity contribution in [2.45, 2.75) is 32.8 Å². The molecule has 2 rings (SSSR count). The van der Waals surface area contributed by atoms with E-state index in [1.165, 1.54) is 11.3 Å². The number of nitrogens with one attached hydrogen (secondary N) is 1. The Morgan fingerprint density at radius 3 is 2.95 bits per heavy atom. The lowest BCUT2D eigenvalue weighted by atomic mass is 10.0. The summed E-state index contributed by atoms with van der Waals surface area (Å²) in [5.74, 6) is 0.229. The molecule has 0 fully saturated rings. The molecule has 108 valence electrons. The van der Waals surface area contributed by atoms with Crippen molar-refractivity contribution >= 4 is 17.2 Å². The molecule has 6 heteroatoms. The highest BCUT2D eigenvalue weighted by Crippen LogP contribution is 2.24. The van der Waals surface area contributed by atoms with Gasteiger partial charge in [-0.25, -0.2) is 0 Å². The molecule has 0 aliphatic heterocycles. The Morgan fingerprint density at radius 2 is 2.35 bits per heavy atom. The molecule has 0 unspecified atom stereocenters. The highest BCUT2D eigenvalue weighted by atomic mass is 32.1. The first-order chi connectivity index (χ1) is 9.45. The molecule has 0 radical (unpaired) electrons. The molecular weight excluding hydrogens is 276 g/mol. The third-order valence-electron chi connectivity index (χ3n) is 3.14. The van der Waals surface area contributed by atoms with Crippen LogP contribution in [0.3, 0.4) is 0 Å². The molecule has 2 aromatic heterocycles. The van der Waals surface area contributed by atoms with Crippen molar-refractivity contribution in [3.05, 3.63) is 39.4 Å². The normalized spacial score (nSPS) is 14.0. The average molecular weight is 294 g/mol. The van der Waals surface area contributed by atoms with Crippen LogP contribution in [0.25, 0.3) is 0 Å². The van der Waals surface area contributed by atoms with Gasteiger partial charge >= 0.3 is 0 Å². The van der Waals surface area contributed by atoms with Crippen molar-refractivity contribution in [2.24, 2.45) is 0 Å². The number of amides is 1. The van der Waals surface area contributed by atoms with Gasteiger partial charge in [-0.2, -0.15) is 0 Å². The molecule has 0 aliphatic rings. The van der Waals surface area contributed by atoms with E-state index in [0.29, 0.717) is 23.4 Å². The standard InChI is InChI=1S/C14H18N2O3S/c1-4-10-12(9(2)19-16-10)13(17)15-8-14(3,18)11-6-5-7-20-11/h5-7,18H,4,8H2,1-3H3,(H,15,17)/t14-/m0/s1. The topological polar surface area (TPSA) is 75.4 Å². The van der Waals surface area contributed by atoms with Crippen molar-refractivity contribution < 1.29 is 14.4 Å². The zero-order valence-corrected chi connectivity index (χ0v) is 12.6. The summed E-state index contributed by atoms with van der Waals surface area (Å²) in [5, 5.41) is 18.9. The van der Waals surface area contributed by atoms with Crippen LogP contribution < -0.4 is 5.32 Å². The largest absolute Gasteiger partial charge is 0.383 e. The van der Waals surface area contributed by atoms with Gasteiger partial charge in [-0.1, -0.05) is 18.1 Å². The number of rotatable bonds is 5. The summed E-state index contributed by atoms with van der Waals surface area (Å²) in [4.78, 5) is 13.0. The number of hydrogen-bond acceptors (Lipinski definition) is 5. The summed E-state index contributed by atoms with van der Waals surface area (Å²) in [6, 6.07) is 3.72. The number of carbonyl (C=O) groups excluding carboxylic acids is 1. The third kappa shape index (κ3) is 2.91. The first-order valence-corrected chi connectivity index (χ1v) is 7.33. The Hall–Kier alpha value is -1.66. The van der Waals surface area contributed by atoms with Gasteiger partial charge in [0.25, 0.3) is 5.91 Å². The fourth-order valence-corrected chi connectivity index (χ4v) is 2.75. The van der Waals surface area contributed by atoms with Gasteiger partial charge < -0.3 is 14.9 Å². The second-order valence-electron chi connectivity index (χ2n) is 4.85. The Bertz CT molecular complexity index is 588. The molecule has 2 aromatic rings. The molecule has 5 nitrogen and oxygen atoms in total. The lowest BCUT2D eigenvalue weighted by molar-refractivity contribution is 0.0556. The van der Waals surface area contributed by atoms with Crippen LogP contribution in [0, 0.1) is 6.92 Å². The van der Waals surface area contributed by atoms with Crippen LogP contribution in [0.5, 0.6) is 0 Å². The van der Waals surface area contributed by atoms with Gasteiger partial charge in [0.2, 0.25) is 0 Å². The van der Waals surface area contributed by atoms with Gasteiger partial charge in [-0.05, 0) is 31.7 Å². The Morgan fingerprint density at radius 1 is 1.60 bits per heavy atom. The van der Waals surface area contributed by atoms with E-state index in [0.717, 1.165) is 4.88 Å². The first kappa shape index (κ1) is 14.7. The van der Waals surface area contributed by atoms with Gasteiger partial charge in [-0.15, -0.1) is 11.3 Å². The molecule has 0 spiro atoms. The molecular formula is C14H18N2O3S. The van der Waals surface area contributed by atoms with Crippen molar-refractivity contribution in [2.75, 3.05) is 6.54 Å². The second kappa shape index (κ2) is 5.76. The number of aliphatic hydroxyl groups is 1. The van der Waals surface area contributed by atoms with Gasteiger partial charge in [0.1, 0.15) is 16.9 Å². The van der Waals surface area contributed by atoms with E-state index >= 15 is 0 Å². The summed E-state index contributed by atoms with van der Waals surface area (Å²) in [5.41, 5.74) is 0.0200. The van der Waals surface area contributed by atoms with Gasteiger partial charge in [0, 0.05) is 4.88 Å². The molecule has 2 heterocycles. The fraction of sp³-hybridized carbons (Fsp3) is 0.429. The van der Waals surface area contributed by atoms with Crippen LogP contribution in [-0.4, -0.2) is 22.7 Å². The third-order valence-corrected chi connectivity index (χ3v) is 4.26. The van der Waals surface area contributed by atoms with E-state index in [2.05, 4.69) is 10.5 Å². The maximum absolute atomic E-state index is 12.2. The SMILES string of the molecule is CCc1noc(C)c1C(=O)NC[C@](C)(O)c1cccs1. The second-order valence-corrected chi connectivity index (χ2v) is 5.80. The molecule has 1 atom stereocenters. The Balaban J connectivity index is 2.07. The van der Waals surface area contributed by atoms with E-state index in [1.807, 2.05) is 24.4 Å². The highest BCUT2D eigenvalue weighted by molar-refractivity contribution is 7.10. The van der Waals surface area contributed by atoms with Crippen molar-refractivity contribution in [3.63, 3.8) is 0 Å². The zero-order valence-electron chi connectivity index (χ0n) is 11.8. The van der Waals surface area contributed by atoms with Gasteiger partial charge in [-0.3, -0.25) is 4.79 Å². The van der Waals surface area contributed by atoms with Crippen LogP contribution in [0.2, 0.25) is 0 Å². The zero-order chi connectivity index (χ0) is 14.8. The van der Waals surface area contributed by atoms with Gasteiger partial charge in [0.15, 0.2) is 0 Å². The summed E-state index contributed by atoms with van der Waals surface area (Å²) in [6.07, 6.45) is 0.626. The number of aryl methyl sites for hydroxylation is 2. The predicted molar refractivity (Wildman–Crippen MR) is 76.8 cm³/mol. The minimum atomic E-state index is -1.08. The molecule has 2 N–H and O–H groups in total. The van der Waals surface area contributed by atoms with E-state index in [1.54, 1.807) is 13.8 Å². The predicted octanol–water partition coefficient (Wildman–Crippen LogP) is 2.24. The molecule has 0 saturated carbocycles. The van der Waals surface area contributed by atoms with Crippen LogP contribution in [0.1, 0.15) is 40.5 Å². The van der Waals surface area contributed by atoms with E-state index in [9.17, 15) is 9.90 Å². The van der Waals surface area contributed by atoms with E-state index in [-0.39, 0.29) is 12.5 Å². The number of thiophene rings is 1. The summed E-state index contributed by atoms with van der Waals surface area (Å²) in [6.45, 7) is 5.44. The number of carbonyl (C=O) groups is 1. The van der Waals surface area contributed by atoms with Crippen LogP contribution in [-0.2, 0) is 12.0 Å².